The summed E-state index contributed by atoms with van der Waals surface area (Å²) in [6.45, 7) is 2.19. The van der Waals surface area contributed by atoms with E-state index in [2.05, 4.69) is 22.9 Å². The first-order chi connectivity index (χ1) is 8.69. The van der Waals surface area contributed by atoms with Crippen LogP contribution in [0.25, 0.3) is 0 Å². The largest absolute Gasteiger partial charge is 0.296 e. The number of Topliss-reactive ketones (excluding diaryl/α,β-unsaturated/α-hetero) is 1. The van der Waals surface area contributed by atoms with Crippen molar-refractivity contribution in [3.05, 3.63) is 0 Å². The summed E-state index contributed by atoms with van der Waals surface area (Å²) < 4.78 is -3.96. The van der Waals surface area contributed by atoms with Crippen LogP contribution < -0.4 is 0 Å². The number of hydrogen-bond donors (Lipinski definition) is 0. The lowest BCUT2D eigenvalue weighted by Gasteiger charge is -2.35. The van der Waals surface area contributed by atoms with Crippen molar-refractivity contribution in [2.75, 3.05) is 0 Å². The Balaban J connectivity index is 2.51. The highest BCUT2D eigenvalue weighted by Crippen LogP contribution is 2.62. The maximum atomic E-state index is 11.8. The Morgan fingerprint density at radius 2 is 1.58 bits per heavy atom. The molecule has 0 aromatic rings. The lowest BCUT2D eigenvalue weighted by molar-refractivity contribution is -0.118. The molecule has 6 heteroatoms. The molecule has 1 rings (SSSR count). The Bertz CT molecular complexity index is 333. The van der Waals surface area contributed by atoms with E-state index in [-0.39, 0.29) is 12.2 Å². The zero-order valence-electron chi connectivity index (χ0n) is 11.0. The van der Waals surface area contributed by atoms with Gasteiger partial charge in [-0.05, 0) is 6.42 Å². The van der Waals surface area contributed by atoms with Gasteiger partial charge in [-0.15, -0.1) is 0 Å². The lowest BCUT2D eigenvalue weighted by atomic mass is 9.98. The zero-order valence-corrected chi connectivity index (χ0v) is 15.6. The van der Waals surface area contributed by atoms with Crippen LogP contribution >= 0.6 is 62.3 Å². The highest BCUT2D eigenvalue weighted by molar-refractivity contribution is 9.10. The highest BCUT2D eigenvalue weighted by atomic mass is 79.9. The summed E-state index contributed by atoms with van der Waals surface area (Å²) in [5, 5.41) is 0. The summed E-state index contributed by atoms with van der Waals surface area (Å²) in [5.41, 5.74) is 0. The third kappa shape index (κ3) is 3.74. The second-order valence-corrected chi connectivity index (χ2v) is 9.40. The van der Waals surface area contributed by atoms with Gasteiger partial charge in [0.05, 0.1) is 4.32 Å². The molecule has 1 nitrogen and oxygen atoms in total. The van der Waals surface area contributed by atoms with Gasteiger partial charge in [0.15, 0.2) is 10.1 Å². The van der Waals surface area contributed by atoms with Crippen LogP contribution in [0.3, 0.4) is 0 Å². The van der Waals surface area contributed by atoms with Crippen molar-refractivity contribution in [1.82, 2.24) is 0 Å². The predicted octanol–water partition coefficient (Wildman–Crippen LogP) is 6.19. The first kappa shape index (κ1) is 18.4. The van der Waals surface area contributed by atoms with E-state index >= 15 is 0 Å². The SMILES string of the molecule is CCCCCCCCC1(Br)CC(=O)C(Cl)(Cl)C1(Cl)Cl. The molecule has 0 bridgehead atoms. The molecule has 1 aliphatic carbocycles. The van der Waals surface area contributed by atoms with Crippen molar-refractivity contribution in [2.24, 2.45) is 0 Å². The average Bonchev–Trinajstić information content (AvgIpc) is 2.43. The van der Waals surface area contributed by atoms with Crippen molar-refractivity contribution >= 4 is 68.1 Å². The quantitative estimate of drug-likeness (QED) is 0.360. The molecule has 0 amide bonds. The number of halogens is 5. The Morgan fingerprint density at radius 1 is 1.05 bits per heavy atom. The lowest BCUT2D eigenvalue weighted by Crippen LogP contribution is -2.46. The Kier molecular flexibility index (Phi) is 6.81. The molecule has 0 aliphatic heterocycles. The van der Waals surface area contributed by atoms with Gasteiger partial charge in [-0.3, -0.25) is 4.79 Å². The van der Waals surface area contributed by atoms with Crippen LogP contribution in [0.5, 0.6) is 0 Å². The van der Waals surface area contributed by atoms with Crippen LogP contribution in [0.2, 0.25) is 0 Å². The van der Waals surface area contributed by atoms with E-state index in [4.69, 9.17) is 46.4 Å². The normalized spacial score (nSPS) is 28.8. The molecule has 1 saturated carbocycles. The first-order valence-electron chi connectivity index (χ1n) is 6.67. The van der Waals surface area contributed by atoms with Crippen LogP contribution in [-0.4, -0.2) is 18.8 Å². The molecule has 0 radical (unpaired) electrons. The van der Waals surface area contributed by atoms with E-state index in [1.54, 1.807) is 0 Å². The van der Waals surface area contributed by atoms with Gasteiger partial charge in [-0.1, -0.05) is 108 Å². The van der Waals surface area contributed by atoms with Gasteiger partial charge in [0.2, 0.25) is 4.33 Å². The predicted molar refractivity (Wildman–Crippen MR) is 88.1 cm³/mol. The second-order valence-electron chi connectivity index (χ2n) is 5.23. The molecular formula is C13H19BrCl4O. The molecule has 19 heavy (non-hydrogen) atoms. The molecule has 0 aromatic carbocycles. The van der Waals surface area contributed by atoms with E-state index in [9.17, 15) is 4.79 Å². The minimum absolute atomic E-state index is 0.169. The summed E-state index contributed by atoms with van der Waals surface area (Å²) in [6, 6.07) is 0. The van der Waals surface area contributed by atoms with Crippen LogP contribution in [0.15, 0.2) is 0 Å². The standard InChI is InChI=1S/C13H19BrCl4O/c1-2-3-4-5-6-7-8-11(14)9-10(19)12(15,16)13(11,17)18/h2-9H2,1H3. The molecule has 0 saturated heterocycles. The smallest absolute Gasteiger partial charge is 0.209 e. The van der Waals surface area contributed by atoms with Crippen LogP contribution in [0.4, 0.5) is 0 Å². The molecule has 0 heterocycles. The van der Waals surface area contributed by atoms with Crippen LogP contribution in [0, 0.1) is 0 Å². The third-order valence-corrected chi connectivity index (χ3v) is 8.07. The van der Waals surface area contributed by atoms with Gasteiger partial charge >= 0.3 is 0 Å². The average molecular weight is 413 g/mol. The molecule has 1 unspecified atom stereocenters. The molecule has 0 N–H and O–H groups in total. The summed E-state index contributed by atoms with van der Waals surface area (Å²) in [4.78, 5) is 11.8. The summed E-state index contributed by atoms with van der Waals surface area (Å²) in [5.74, 6) is -0.316. The van der Waals surface area contributed by atoms with Crippen molar-refractivity contribution in [1.29, 1.82) is 0 Å². The minimum Gasteiger partial charge on any atom is -0.296 e. The van der Waals surface area contributed by atoms with Gasteiger partial charge in [0.1, 0.15) is 0 Å². The fraction of sp³-hybridized carbons (Fsp3) is 0.923. The van der Waals surface area contributed by atoms with Gasteiger partial charge in [0, 0.05) is 6.42 Å². The van der Waals surface area contributed by atoms with Crippen molar-refractivity contribution < 1.29 is 4.79 Å². The van der Waals surface area contributed by atoms with E-state index in [1.165, 1.54) is 25.7 Å². The molecule has 112 valence electrons. The molecule has 1 atom stereocenters. The van der Waals surface area contributed by atoms with Gasteiger partial charge in [-0.2, -0.15) is 0 Å². The van der Waals surface area contributed by atoms with Crippen molar-refractivity contribution in [3.8, 4) is 0 Å². The van der Waals surface area contributed by atoms with E-state index < -0.39 is 13.0 Å². The maximum absolute atomic E-state index is 11.8. The fourth-order valence-corrected chi connectivity index (χ4v) is 4.45. The maximum Gasteiger partial charge on any atom is 0.209 e. The topological polar surface area (TPSA) is 17.1 Å². The fourth-order valence-electron chi connectivity index (χ4n) is 2.36. The molecule has 1 aliphatic rings. The number of carbonyl (C=O) groups excluding carboxylic acids is 1. The van der Waals surface area contributed by atoms with Crippen LogP contribution in [-0.2, 0) is 4.79 Å². The third-order valence-electron chi connectivity index (χ3n) is 3.67. The second kappa shape index (κ2) is 7.05. The molecule has 0 spiro atoms. The highest BCUT2D eigenvalue weighted by Gasteiger charge is 2.69. The number of hydrogen-bond acceptors (Lipinski definition) is 1. The molecule has 1 fully saturated rings. The van der Waals surface area contributed by atoms with Gasteiger partial charge in [0.25, 0.3) is 0 Å². The Morgan fingerprint density at radius 3 is 2.05 bits per heavy atom. The monoisotopic (exact) mass is 410 g/mol. The summed E-state index contributed by atoms with van der Waals surface area (Å²) in [6.07, 6.45) is 7.84. The van der Waals surface area contributed by atoms with Crippen molar-refractivity contribution in [3.63, 3.8) is 0 Å². The summed E-state index contributed by atoms with van der Waals surface area (Å²) in [7, 11) is 0. The van der Waals surface area contributed by atoms with E-state index in [1.807, 2.05) is 0 Å². The van der Waals surface area contributed by atoms with Gasteiger partial charge in [-0.25, -0.2) is 0 Å². The Hall–Kier alpha value is 1.31. The van der Waals surface area contributed by atoms with E-state index in [0.717, 1.165) is 12.8 Å². The number of alkyl halides is 5. The number of carbonyl (C=O) groups is 1. The van der Waals surface area contributed by atoms with Gasteiger partial charge < -0.3 is 0 Å². The number of rotatable bonds is 7. The first-order valence-corrected chi connectivity index (χ1v) is 8.97. The zero-order chi connectivity index (χ0) is 14.7. The summed E-state index contributed by atoms with van der Waals surface area (Å²) >= 11 is 28.0. The number of ketones is 1. The van der Waals surface area contributed by atoms with E-state index in [0.29, 0.717) is 6.42 Å². The molecular weight excluding hydrogens is 394 g/mol. The van der Waals surface area contributed by atoms with Crippen molar-refractivity contribution in [2.45, 2.75) is 71.3 Å². The number of unbranched alkanes of at least 4 members (excludes halogenated alkanes) is 5. The minimum atomic E-state index is -1.73. The Labute approximate surface area is 143 Å². The van der Waals surface area contributed by atoms with Crippen LogP contribution in [0.1, 0.15) is 58.3 Å². The molecule has 0 aromatic heterocycles.